The number of aromatic nitrogens is 5. The maximum Gasteiger partial charge on any atom is 0.303 e. The number of likely N-dealkylation sites (tertiary alicyclic amines) is 1. The standard InChI is InChI=1S/C27H27Cl2N7O3/c28-20-10-19(11-21(29)12-20)24-7-18(16-35-4-1-17(2-5-35)9-26(37)38)8-25(33-24)39-23-14-31-27(32-15-23)36-6-3-22(13-30)34-36/h3,6-8,10-12,14-15,17H,1-2,4-5,9,13,16,30H2,(H,37,38). The zero-order valence-corrected chi connectivity index (χ0v) is 22.5. The molecule has 4 aromatic rings. The van der Waals surface area contributed by atoms with Crippen LogP contribution in [-0.4, -0.2) is 53.8 Å². The van der Waals surface area contributed by atoms with E-state index in [0.29, 0.717) is 46.4 Å². The Morgan fingerprint density at radius 1 is 1.08 bits per heavy atom. The van der Waals surface area contributed by atoms with Crippen molar-refractivity contribution in [3.05, 3.63) is 76.3 Å². The SMILES string of the molecule is NCc1ccn(-c2ncc(Oc3cc(CN4CCC(CC(=O)O)CC4)cc(-c4cc(Cl)cc(Cl)c4)n3)cn2)n1. The number of carboxylic acids is 1. The second-order valence-electron chi connectivity index (χ2n) is 9.45. The lowest BCUT2D eigenvalue weighted by atomic mass is 9.93. The van der Waals surface area contributed by atoms with E-state index in [-0.39, 0.29) is 12.3 Å². The molecular weight excluding hydrogens is 541 g/mol. The van der Waals surface area contributed by atoms with Gasteiger partial charge in [0, 0.05) is 47.4 Å². The van der Waals surface area contributed by atoms with Crippen LogP contribution >= 0.6 is 23.2 Å². The number of hydrogen-bond acceptors (Lipinski definition) is 8. The number of aliphatic carboxylic acids is 1. The Balaban J connectivity index is 1.38. The summed E-state index contributed by atoms with van der Waals surface area (Å²) < 4.78 is 7.62. The van der Waals surface area contributed by atoms with Gasteiger partial charge in [-0.25, -0.2) is 19.6 Å². The second kappa shape index (κ2) is 12.1. The van der Waals surface area contributed by atoms with Gasteiger partial charge in [0.15, 0.2) is 5.75 Å². The molecule has 0 atom stereocenters. The van der Waals surface area contributed by atoms with Gasteiger partial charge in [0.1, 0.15) is 0 Å². The van der Waals surface area contributed by atoms with Gasteiger partial charge in [-0.15, -0.1) is 0 Å². The number of carboxylic acid groups (broad SMARTS) is 1. The van der Waals surface area contributed by atoms with Crippen LogP contribution in [0.25, 0.3) is 17.2 Å². The number of nitrogens with two attached hydrogens (primary N) is 1. The zero-order chi connectivity index (χ0) is 27.4. The summed E-state index contributed by atoms with van der Waals surface area (Å²) in [5.74, 6) is 0.658. The molecule has 0 radical (unpaired) electrons. The van der Waals surface area contributed by atoms with Crippen LogP contribution in [0.1, 0.15) is 30.5 Å². The highest BCUT2D eigenvalue weighted by molar-refractivity contribution is 6.35. The molecule has 0 amide bonds. The van der Waals surface area contributed by atoms with Crippen LogP contribution in [0.2, 0.25) is 10.0 Å². The highest BCUT2D eigenvalue weighted by atomic mass is 35.5. The van der Waals surface area contributed by atoms with Crippen LogP contribution in [0.3, 0.4) is 0 Å². The number of rotatable bonds is 9. The Labute approximate surface area is 235 Å². The molecule has 1 aliphatic rings. The first-order valence-electron chi connectivity index (χ1n) is 12.5. The predicted octanol–water partition coefficient (Wildman–Crippen LogP) is 4.97. The van der Waals surface area contributed by atoms with E-state index in [2.05, 4.69) is 20.0 Å². The topological polar surface area (TPSA) is 132 Å². The van der Waals surface area contributed by atoms with Crippen molar-refractivity contribution < 1.29 is 14.6 Å². The van der Waals surface area contributed by atoms with Gasteiger partial charge in [0.25, 0.3) is 5.95 Å². The van der Waals surface area contributed by atoms with E-state index in [1.807, 2.05) is 18.2 Å². The molecule has 3 N–H and O–H groups in total. The number of benzene rings is 1. The van der Waals surface area contributed by atoms with Crippen LogP contribution in [0.5, 0.6) is 11.6 Å². The molecule has 1 saturated heterocycles. The van der Waals surface area contributed by atoms with Crippen molar-refractivity contribution in [1.29, 1.82) is 0 Å². The summed E-state index contributed by atoms with van der Waals surface area (Å²) in [5, 5.41) is 14.4. The first-order valence-corrected chi connectivity index (χ1v) is 13.3. The monoisotopic (exact) mass is 567 g/mol. The van der Waals surface area contributed by atoms with Crippen LogP contribution in [-0.2, 0) is 17.9 Å². The van der Waals surface area contributed by atoms with Gasteiger partial charge < -0.3 is 15.6 Å². The Hall–Kier alpha value is -3.57. The normalized spacial score (nSPS) is 14.4. The third kappa shape index (κ3) is 7.10. The molecular formula is C27H27Cl2N7O3. The van der Waals surface area contributed by atoms with Gasteiger partial charge in [-0.1, -0.05) is 23.2 Å². The maximum atomic E-state index is 11.1. The molecule has 0 unspecified atom stereocenters. The molecule has 202 valence electrons. The number of pyridine rings is 1. The van der Waals surface area contributed by atoms with Crippen LogP contribution in [0, 0.1) is 5.92 Å². The van der Waals surface area contributed by atoms with E-state index >= 15 is 0 Å². The van der Waals surface area contributed by atoms with E-state index in [1.165, 1.54) is 0 Å². The second-order valence-corrected chi connectivity index (χ2v) is 10.3. The van der Waals surface area contributed by atoms with Crippen LogP contribution in [0.15, 0.2) is 55.0 Å². The van der Waals surface area contributed by atoms with Gasteiger partial charge in [0.05, 0.1) is 23.8 Å². The Morgan fingerprint density at radius 3 is 2.44 bits per heavy atom. The lowest BCUT2D eigenvalue weighted by Crippen LogP contribution is -2.33. The van der Waals surface area contributed by atoms with Crippen LogP contribution in [0.4, 0.5) is 0 Å². The molecule has 4 heterocycles. The fourth-order valence-corrected chi connectivity index (χ4v) is 5.12. The highest BCUT2D eigenvalue weighted by Gasteiger charge is 2.22. The Kier molecular flexibility index (Phi) is 8.37. The van der Waals surface area contributed by atoms with E-state index in [1.54, 1.807) is 41.5 Å². The number of nitrogens with zero attached hydrogens (tertiary/aromatic N) is 6. The summed E-state index contributed by atoms with van der Waals surface area (Å²) >= 11 is 12.5. The lowest BCUT2D eigenvalue weighted by Gasteiger charge is -2.31. The van der Waals surface area contributed by atoms with Gasteiger partial charge in [-0.05, 0) is 67.7 Å². The number of ether oxygens (including phenoxy) is 1. The summed E-state index contributed by atoms with van der Waals surface area (Å²) in [6, 6.07) is 11.0. The van der Waals surface area contributed by atoms with Gasteiger partial charge >= 0.3 is 5.97 Å². The molecule has 10 nitrogen and oxygen atoms in total. The molecule has 1 fully saturated rings. The Morgan fingerprint density at radius 2 is 1.79 bits per heavy atom. The smallest absolute Gasteiger partial charge is 0.303 e. The van der Waals surface area contributed by atoms with Crippen molar-refractivity contribution in [1.82, 2.24) is 29.6 Å². The van der Waals surface area contributed by atoms with Crippen molar-refractivity contribution in [3.63, 3.8) is 0 Å². The van der Waals surface area contributed by atoms with E-state index in [4.69, 9.17) is 43.8 Å². The largest absolute Gasteiger partial charge is 0.481 e. The van der Waals surface area contributed by atoms with Gasteiger partial charge in [-0.2, -0.15) is 5.10 Å². The summed E-state index contributed by atoms with van der Waals surface area (Å²) in [6.45, 7) is 2.64. The quantitative estimate of drug-likeness (QED) is 0.287. The minimum atomic E-state index is -0.740. The molecule has 3 aromatic heterocycles. The molecule has 0 saturated carbocycles. The Bertz CT molecular complexity index is 1430. The summed E-state index contributed by atoms with van der Waals surface area (Å²) in [6.07, 6.45) is 6.79. The zero-order valence-electron chi connectivity index (χ0n) is 21.0. The van der Waals surface area contributed by atoms with E-state index in [9.17, 15) is 4.79 Å². The predicted molar refractivity (Wildman–Crippen MR) is 147 cm³/mol. The third-order valence-electron chi connectivity index (χ3n) is 6.49. The molecule has 1 aliphatic heterocycles. The molecule has 0 bridgehead atoms. The molecule has 1 aromatic carbocycles. The number of piperidine rings is 1. The van der Waals surface area contributed by atoms with Crippen molar-refractivity contribution in [2.24, 2.45) is 11.7 Å². The van der Waals surface area contributed by atoms with Crippen molar-refractivity contribution in [2.45, 2.75) is 32.4 Å². The minimum Gasteiger partial charge on any atom is -0.481 e. The van der Waals surface area contributed by atoms with Crippen molar-refractivity contribution in [2.75, 3.05) is 13.1 Å². The molecule has 0 spiro atoms. The van der Waals surface area contributed by atoms with Crippen molar-refractivity contribution >= 4 is 29.2 Å². The van der Waals surface area contributed by atoms with Crippen molar-refractivity contribution in [3.8, 4) is 28.8 Å². The number of carbonyl (C=O) groups is 1. The van der Waals surface area contributed by atoms with Gasteiger partial charge in [-0.3, -0.25) is 9.69 Å². The average molecular weight is 568 g/mol. The average Bonchev–Trinajstić information content (AvgIpc) is 3.39. The summed E-state index contributed by atoms with van der Waals surface area (Å²) in [5.41, 5.74) is 8.79. The first-order chi connectivity index (χ1) is 18.8. The maximum absolute atomic E-state index is 11.1. The lowest BCUT2D eigenvalue weighted by molar-refractivity contribution is -0.138. The molecule has 0 aliphatic carbocycles. The van der Waals surface area contributed by atoms with E-state index < -0.39 is 5.97 Å². The number of halogens is 2. The highest BCUT2D eigenvalue weighted by Crippen LogP contribution is 2.31. The number of hydrogen-bond donors (Lipinski definition) is 2. The fraction of sp³-hybridized carbons (Fsp3) is 0.296. The summed E-state index contributed by atoms with van der Waals surface area (Å²) in [7, 11) is 0. The first kappa shape index (κ1) is 27.0. The van der Waals surface area contributed by atoms with Crippen LogP contribution < -0.4 is 10.5 Å². The minimum absolute atomic E-state index is 0.214. The van der Waals surface area contributed by atoms with Gasteiger partial charge in [0.2, 0.25) is 5.88 Å². The third-order valence-corrected chi connectivity index (χ3v) is 6.93. The summed E-state index contributed by atoms with van der Waals surface area (Å²) in [4.78, 5) is 26.8. The molecule has 12 heteroatoms. The molecule has 5 rings (SSSR count). The molecule has 39 heavy (non-hydrogen) atoms. The fourth-order valence-electron chi connectivity index (χ4n) is 4.59. The van der Waals surface area contributed by atoms with E-state index in [0.717, 1.165) is 42.8 Å².